The van der Waals surface area contributed by atoms with Gasteiger partial charge in [0.1, 0.15) is 5.76 Å². The normalized spacial score (nSPS) is 32.1. The number of carbonyl (C=O) groups excluding carboxylic acids is 1. The molecule has 3 fully saturated rings. The van der Waals surface area contributed by atoms with Crippen molar-refractivity contribution in [3.8, 4) is 0 Å². The van der Waals surface area contributed by atoms with E-state index in [0.29, 0.717) is 18.5 Å². The second kappa shape index (κ2) is 6.65. The van der Waals surface area contributed by atoms with Crippen molar-refractivity contribution in [1.82, 2.24) is 10.2 Å². The molecule has 5 heteroatoms. The van der Waals surface area contributed by atoms with Crippen molar-refractivity contribution in [2.24, 2.45) is 11.8 Å². The Hall–Kier alpha value is -1.33. The second-order valence-electron chi connectivity index (χ2n) is 7.16. The summed E-state index contributed by atoms with van der Waals surface area (Å²) in [5.74, 6) is 1.39. The molecule has 1 aliphatic carbocycles. The molecule has 1 N–H and O–H groups in total. The fourth-order valence-electron chi connectivity index (χ4n) is 4.57. The molecule has 3 aliphatic rings. The highest BCUT2D eigenvalue weighted by Gasteiger charge is 2.45. The molecule has 2 saturated heterocycles. The highest BCUT2D eigenvalue weighted by Crippen LogP contribution is 2.37. The Morgan fingerprint density at radius 1 is 1.26 bits per heavy atom. The molecule has 5 nitrogen and oxygen atoms in total. The largest absolute Gasteiger partial charge is 0.467 e. The van der Waals surface area contributed by atoms with Gasteiger partial charge in [0.15, 0.2) is 0 Å². The standard InChI is InChI=1S/C18H26N2O3/c21-18(19-10-14-6-3-8-22-14)16-11-20(13-4-1-2-5-13)12-17-15(16)7-9-23-17/h3,6,8,13,15-17H,1-2,4-5,7,9-12H2,(H,19,21)/t15-,16+,17+/m0/s1. The highest BCUT2D eigenvalue weighted by atomic mass is 16.5. The zero-order chi connectivity index (χ0) is 15.6. The van der Waals surface area contributed by atoms with E-state index in [1.807, 2.05) is 12.1 Å². The van der Waals surface area contributed by atoms with Crippen LogP contribution in [-0.4, -0.2) is 42.6 Å². The maximum absolute atomic E-state index is 12.8. The van der Waals surface area contributed by atoms with E-state index in [-0.39, 0.29) is 17.9 Å². The first kappa shape index (κ1) is 15.2. The van der Waals surface area contributed by atoms with Crippen molar-refractivity contribution >= 4 is 5.91 Å². The Balaban J connectivity index is 1.42. The van der Waals surface area contributed by atoms with Crippen molar-refractivity contribution in [3.63, 3.8) is 0 Å². The highest BCUT2D eigenvalue weighted by molar-refractivity contribution is 5.79. The average molecular weight is 318 g/mol. The van der Waals surface area contributed by atoms with E-state index in [9.17, 15) is 4.79 Å². The van der Waals surface area contributed by atoms with Gasteiger partial charge in [-0.2, -0.15) is 0 Å². The summed E-state index contributed by atoms with van der Waals surface area (Å²) in [5, 5.41) is 3.06. The molecule has 4 rings (SSSR count). The summed E-state index contributed by atoms with van der Waals surface area (Å²) in [5.41, 5.74) is 0. The summed E-state index contributed by atoms with van der Waals surface area (Å²) in [6.45, 7) is 3.18. The van der Waals surface area contributed by atoms with Crippen LogP contribution >= 0.6 is 0 Å². The molecule has 3 heterocycles. The van der Waals surface area contributed by atoms with Crippen molar-refractivity contribution in [2.45, 2.75) is 50.8 Å². The summed E-state index contributed by atoms with van der Waals surface area (Å²) in [6.07, 6.45) is 8.10. The van der Waals surface area contributed by atoms with E-state index in [1.54, 1.807) is 6.26 Å². The number of furan rings is 1. The molecule has 1 saturated carbocycles. The van der Waals surface area contributed by atoms with Gasteiger partial charge < -0.3 is 14.5 Å². The van der Waals surface area contributed by atoms with Gasteiger partial charge in [-0.05, 0) is 31.4 Å². The van der Waals surface area contributed by atoms with E-state index in [4.69, 9.17) is 9.15 Å². The van der Waals surface area contributed by atoms with Gasteiger partial charge in [0, 0.05) is 31.7 Å². The second-order valence-corrected chi connectivity index (χ2v) is 7.16. The van der Waals surface area contributed by atoms with Gasteiger partial charge in [-0.25, -0.2) is 0 Å². The van der Waals surface area contributed by atoms with Crippen LogP contribution in [0.1, 0.15) is 37.9 Å². The molecule has 2 aliphatic heterocycles. The SMILES string of the molecule is O=C(NCc1ccco1)[C@@H]1CN(C2CCCC2)C[C@H]2OCC[C@H]21. The Labute approximate surface area is 137 Å². The third-order valence-corrected chi connectivity index (χ3v) is 5.82. The topological polar surface area (TPSA) is 54.7 Å². The molecule has 0 unspecified atom stereocenters. The number of hydrogen-bond donors (Lipinski definition) is 1. The number of fused-ring (bicyclic) bond motifs is 1. The van der Waals surface area contributed by atoms with Crippen LogP contribution < -0.4 is 5.32 Å². The lowest BCUT2D eigenvalue weighted by molar-refractivity contribution is -0.132. The number of ether oxygens (including phenoxy) is 1. The summed E-state index contributed by atoms with van der Waals surface area (Å²) in [4.78, 5) is 15.3. The van der Waals surface area contributed by atoms with E-state index in [0.717, 1.165) is 31.9 Å². The fraction of sp³-hybridized carbons (Fsp3) is 0.722. The molecular formula is C18H26N2O3. The predicted octanol–water partition coefficient (Wildman–Crippen LogP) is 2.18. The molecule has 3 atom stereocenters. The molecule has 0 radical (unpaired) electrons. The molecular weight excluding hydrogens is 292 g/mol. The molecule has 23 heavy (non-hydrogen) atoms. The van der Waals surface area contributed by atoms with Crippen molar-refractivity contribution in [2.75, 3.05) is 19.7 Å². The lowest BCUT2D eigenvalue weighted by Gasteiger charge is -2.42. The maximum atomic E-state index is 12.8. The Bertz CT molecular complexity index is 524. The average Bonchev–Trinajstić information content (AvgIpc) is 3.33. The number of likely N-dealkylation sites (tertiary alicyclic amines) is 1. The Morgan fingerprint density at radius 2 is 2.13 bits per heavy atom. The Morgan fingerprint density at radius 3 is 2.91 bits per heavy atom. The number of rotatable bonds is 4. The van der Waals surface area contributed by atoms with Gasteiger partial charge in [0.2, 0.25) is 5.91 Å². The zero-order valence-electron chi connectivity index (χ0n) is 13.6. The van der Waals surface area contributed by atoms with Gasteiger partial charge in [-0.3, -0.25) is 9.69 Å². The summed E-state index contributed by atoms with van der Waals surface area (Å²) in [6, 6.07) is 4.40. The first-order chi connectivity index (χ1) is 11.3. The first-order valence-corrected chi connectivity index (χ1v) is 8.97. The van der Waals surface area contributed by atoms with Gasteiger partial charge in [-0.1, -0.05) is 12.8 Å². The lowest BCUT2D eigenvalue weighted by atomic mass is 9.81. The molecule has 0 aromatic carbocycles. The van der Waals surface area contributed by atoms with Gasteiger partial charge in [0.25, 0.3) is 0 Å². The number of amides is 1. The van der Waals surface area contributed by atoms with E-state index < -0.39 is 0 Å². The minimum absolute atomic E-state index is 0.0480. The predicted molar refractivity (Wildman–Crippen MR) is 85.7 cm³/mol. The number of carbonyl (C=O) groups is 1. The third-order valence-electron chi connectivity index (χ3n) is 5.82. The molecule has 1 aromatic rings. The number of hydrogen-bond acceptors (Lipinski definition) is 4. The molecule has 1 aromatic heterocycles. The summed E-state index contributed by atoms with van der Waals surface area (Å²) in [7, 11) is 0. The van der Waals surface area contributed by atoms with Crippen LogP contribution in [0.25, 0.3) is 0 Å². The zero-order valence-corrected chi connectivity index (χ0v) is 13.6. The van der Waals surface area contributed by atoms with Gasteiger partial charge >= 0.3 is 0 Å². The summed E-state index contributed by atoms with van der Waals surface area (Å²) < 4.78 is 11.2. The van der Waals surface area contributed by atoms with Crippen LogP contribution in [0.15, 0.2) is 22.8 Å². The first-order valence-electron chi connectivity index (χ1n) is 8.97. The van der Waals surface area contributed by atoms with E-state index in [1.165, 1.54) is 25.7 Å². The third kappa shape index (κ3) is 3.17. The quantitative estimate of drug-likeness (QED) is 0.924. The number of nitrogens with one attached hydrogen (secondary N) is 1. The Kier molecular flexibility index (Phi) is 4.40. The monoisotopic (exact) mass is 318 g/mol. The van der Waals surface area contributed by atoms with Crippen molar-refractivity contribution in [3.05, 3.63) is 24.2 Å². The molecule has 126 valence electrons. The molecule has 1 amide bonds. The van der Waals surface area contributed by atoms with E-state index in [2.05, 4.69) is 10.2 Å². The molecule has 0 spiro atoms. The van der Waals surface area contributed by atoms with Crippen LogP contribution in [0.3, 0.4) is 0 Å². The maximum Gasteiger partial charge on any atom is 0.225 e. The minimum atomic E-state index is 0.0480. The van der Waals surface area contributed by atoms with Gasteiger partial charge in [-0.15, -0.1) is 0 Å². The van der Waals surface area contributed by atoms with Crippen LogP contribution in [0.2, 0.25) is 0 Å². The van der Waals surface area contributed by atoms with Crippen LogP contribution in [0.4, 0.5) is 0 Å². The minimum Gasteiger partial charge on any atom is -0.467 e. The van der Waals surface area contributed by atoms with Crippen LogP contribution in [0.5, 0.6) is 0 Å². The lowest BCUT2D eigenvalue weighted by Crippen LogP contribution is -2.54. The fourth-order valence-corrected chi connectivity index (χ4v) is 4.57. The smallest absolute Gasteiger partial charge is 0.225 e. The van der Waals surface area contributed by atoms with Crippen molar-refractivity contribution in [1.29, 1.82) is 0 Å². The molecule has 0 bridgehead atoms. The van der Waals surface area contributed by atoms with Crippen LogP contribution in [0, 0.1) is 11.8 Å². The summed E-state index contributed by atoms with van der Waals surface area (Å²) >= 11 is 0. The van der Waals surface area contributed by atoms with Crippen LogP contribution in [-0.2, 0) is 16.1 Å². The number of nitrogens with zero attached hydrogens (tertiary/aromatic N) is 1. The van der Waals surface area contributed by atoms with Crippen molar-refractivity contribution < 1.29 is 13.9 Å². The van der Waals surface area contributed by atoms with Gasteiger partial charge in [0.05, 0.1) is 24.8 Å². The van der Waals surface area contributed by atoms with E-state index >= 15 is 0 Å². The number of piperidine rings is 1.